The van der Waals surface area contributed by atoms with E-state index in [1.165, 1.54) is 0 Å². The number of hydrogen-bond acceptors (Lipinski definition) is 8. The Kier molecular flexibility index (Phi) is 9.97. The van der Waals surface area contributed by atoms with Crippen LogP contribution in [0.5, 0.6) is 0 Å². The maximum atomic E-state index is 4.55. The van der Waals surface area contributed by atoms with Gasteiger partial charge in [0, 0.05) is 41.5 Å². The molecule has 6 aromatic rings. The predicted molar refractivity (Wildman–Crippen MR) is 177 cm³/mol. The highest BCUT2D eigenvalue weighted by Gasteiger charge is 2.05. The van der Waals surface area contributed by atoms with E-state index in [4.69, 9.17) is 0 Å². The van der Waals surface area contributed by atoms with Crippen LogP contribution in [0.25, 0.3) is 24.3 Å². The Balaban J connectivity index is 0.000000175. The molecule has 0 spiro atoms. The summed E-state index contributed by atoms with van der Waals surface area (Å²) in [6.07, 6.45) is 10.4. The Morgan fingerprint density at radius 3 is 1.68 bits per heavy atom. The highest BCUT2D eigenvalue weighted by molar-refractivity contribution is 5.68. The van der Waals surface area contributed by atoms with Gasteiger partial charge in [-0.1, -0.05) is 79.7 Å². The molecule has 4 aromatic heterocycles. The molecule has 4 N–H and O–H groups in total. The van der Waals surface area contributed by atoms with Crippen molar-refractivity contribution >= 4 is 47.6 Å². The summed E-state index contributed by atoms with van der Waals surface area (Å²) in [6.45, 7) is 5.99. The third-order valence-electron chi connectivity index (χ3n) is 6.21. The molecule has 0 saturated carbocycles. The standard InChI is InChI=1S/C18H19N5.C16H15N5/c1-3-15-12-17(21-18-11-13(2)22-23-18)20-16(19-15)10-9-14-7-5-4-6-8-14;1-12-11-16(21-20-12)19-15-9-10-17-14(18-15)8-7-13-5-3-2-4-6-13/h4-12H,3H2,1-2H3,(H2,19,20,21,22,23);2-11H,1H3,(H2,17,18,19,20,21)/b10-9+;8-7+. The van der Waals surface area contributed by atoms with Crippen molar-refractivity contribution in [2.24, 2.45) is 0 Å². The van der Waals surface area contributed by atoms with E-state index in [2.05, 4.69) is 57.9 Å². The Morgan fingerprint density at radius 1 is 0.591 bits per heavy atom. The van der Waals surface area contributed by atoms with Crippen LogP contribution in [-0.4, -0.2) is 40.3 Å². The SMILES string of the molecule is CCc1cc(Nc2cc(C)[nH]n2)nc(/C=C/c2ccccc2)n1.Cc1cc(Nc2ccnc(/C=C/c3ccccc3)n2)n[nH]1. The van der Waals surface area contributed by atoms with E-state index in [1.54, 1.807) is 6.20 Å². The average Bonchev–Trinajstić information content (AvgIpc) is 3.66. The van der Waals surface area contributed by atoms with Crippen LogP contribution >= 0.6 is 0 Å². The minimum absolute atomic E-state index is 0.649. The van der Waals surface area contributed by atoms with Crippen molar-refractivity contribution in [1.82, 2.24) is 40.3 Å². The molecule has 10 heteroatoms. The Morgan fingerprint density at radius 2 is 1.14 bits per heavy atom. The van der Waals surface area contributed by atoms with E-state index in [1.807, 2.05) is 123 Å². The summed E-state index contributed by atoms with van der Waals surface area (Å²) in [5.74, 6) is 4.28. The number of nitrogens with zero attached hydrogens (tertiary/aromatic N) is 6. The molecule has 0 radical (unpaired) electrons. The monoisotopic (exact) mass is 582 g/mol. The molecular formula is C34H34N10. The molecule has 0 bridgehead atoms. The van der Waals surface area contributed by atoms with Crippen LogP contribution in [0.1, 0.15) is 46.8 Å². The molecule has 0 unspecified atom stereocenters. The number of aryl methyl sites for hydroxylation is 3. The maximum Gasteiger partial charge on any atom is 0.154 e. The van der Waals surface area contributed by atoms with Crippen LogP contribution in [0, 0.1) is 13.8 Å². The zero-order valence-corrected chi connectivity index (χ0v) is 24.9. The van der Waals surface area contributed by atoms with Gasteiger partial charge in [0.15, 0.2) is 23.3 Å². The van der Waals surface area contributed by atoms with Crippen LogP contribution in [-0.2, 0) is 6.42 Å². The number of benzene rings is 2. The van der Waals surface area contributed by atoms with E-state index in [9.17, 15) is 0 Å². The molecule has 2 aromatic carbocycles. The third-order valence-corrected chi connectivity index (χ3v) is 6.21. The zero-order valence-electron chi connectivity index (χ0n) is 24.9. The fraction of sp³-hybridized carbons (Fsp3) is 0.118. The minimum atomic E-state index is 0.649. The molecule has 6 rings (SSSR count). The largest absolute Gasteiger partial charge is 0.323 e. The average molecular weight is 583 g/mol. The minimum Gasteiger partial charge on any atom is -0.323 e. The smallest absolute Gasteiger partial charge is 0.154 e. The topological polar surface area (TPSA) is 133 Å². The fourth-order valence-electron chi connectivity index (χ4n) is 4.06. The van der Waals surface area contributed by atoms with Gasteiger partial charge in [-0.05, 0) is 49.6 Å². The maximum absolute atomic E-state index is 4.55. The Bertz CT molecular complexity index is 1820. The van der Waals surface area contributed by atoms with Gasteiger partial charge in [0.2, 0.25) is 0 Å². The Labute approximate surface area is 256 Å². The molecule has 0 saturated heterocycles. The molecule has 44 heavy (non-hydrogen) atoms. The summed E-state index contributed by atoms with van der Waals surface area (Å²) in [5.41, 5.74) is 5.22. The predicted octanol–water partition coefficient (Wildman–Crippen LogP) is 7.41. The summed E-state index contributed by atoms with van der Waals surface area (Å²) in [7, 11) is 0. The van der Waals surface area contributed by atoms with Crippen molar-refractivity contribution < 1.29 is 0 Å². The first-order valence-corrected chi connectivity index (χ1v) is 14.3. The lowest BCUT2D eigenvalue weighted by molar-refractivity contribution is 0.985. The van der Waals surface area contributed by atoms with Crippen molar-refractivity contribution in [3.63, 3.8) is 0 Å². The van der Waals surface area contributed by atoms with E-state index in [0.717, 1.165) is 52.1 Å². The lowest BCUT2D eigenvalue weighted by Crippen LogP contribution is -2.00. The van der Waals surface area contributed by atoms with Gasteiger partial charge >= 0.3 is 0 Å². The van der Waals surface area contributed by atoms with Crippen LogP contribution in [0.2, 0.25) is 0 Å². The zero-order chi connectivity index (χ0) is 30.6. The molecule has 4 heterocycles. The van der Waals surface area contributed by atoms with Crippen LogP contribution in [0.4, 0.5) is 23.3 Å². The first-order valence-electron chi connectivity index (χ1n) is 14.3. The van der Waals surface area contributed by atoms with Gasteiger partial charge in [0.25, 0.3) is 0 Å². The molecular weight excluding hydrogens is 548 g/mol. The first kappa shape index (κ1) is 29.6. The molecule has 0 atom stereocenters. The third kappa shape index (κ3) is 9.05. The molecule has 10 nitrogen and oxygen atoms in total. The van der Waals surface area contributed by atoms with Gasteiger partial charge in [0.05, 0.1) is 0 Å². The molecule has 0 amide bonds. The molecule has 0 fully saturated rings. The van der Waals surface area contributed by atoms with Crippen molar-refractivity contribution in [1.29, 1.82) is 0 Å². The molecule has 0 aliphatic carbocycles. The lowest BCUT2D eigenvalue weighted by atomic mass is 10.2. The van der Waals surface area contributed by atoms with Gasteiger partial charge in [-0.25, -0.2) is 19.9 Å². The van der Waals surface area contributed by atoms with Crippen LogP contribution in [0.15, 0.2) is 91.1 Å². The number of hydrogen-bond donors (Lipinski definition) is 4. The van der Waals surface area contributed by atoms with Gasteiger partial charge in [-0.3, -0.25) is 10.2 Å². The Hall–Kier alpha value is -5.90. The first-order chi connectivity index (χ1) is 21.5. The van der Waals surface area contributed by atoms with Gasteiger partial charge < -0.3 is 10.6 Å². The normalized spacial score (nSPS) is 11.0. The summed E-state index contributed by atoms with van der Waals surface area (Å²) in [6, 6.07) is 27.8. The second kappa shape index (κ2) is 14.8. The van der Waals surface area contributed by atoms with Crippen molar-refractivity contribution in [2.75, 3.05) is 10.6 Å². The number of rotatable bonds is 9. The van der Waals surface area contributed by atoms with Crippen molar-refractivity contribution in [3.8, 4) is 0 Å². The molecule has 0 aliphatic rings. The number of aromatic nitrogens is 8. The van der Waals surface area contributed by atoms with E-state index in [-0.39, 0.29) is 0 Å². The van der Waals surface area contributed by atoms with Crippen LogP contribution in [0.3, 0.4) is 0 Å². The van der Waals surface area contributed by atoms with Gasteiger partial charge in [-0.15, -0.1) is 0 Å². The van der Waals surface area contributed by atoms with E-state index >= 15 is 0 Å². The van der Waals surface area contributed by atoms with Gasteiger partial charge in [-0.2, -0.15) is 10.2 Å². The van der Waals surface area contributed by atoms with Crippen molar-refractivity contribution in [3.05, 3.63) is 131 Å². The van der Waals surface area contributed by atoms with E-state index in [0.29, 0.717) is 17.5 Å². The quantitative estimate of drug-likeness (QED) is 0.139. The van der Waals surface area contributed by atoms with Gasteiger partial charge in [0.1, 0.15) is 11.6 Å². The summed E-state index contributed by atoms with van der Waals surface area (Å²) in [4.78, 5) is 17.8. The molecule has 0 aliphatic heterocycles. The number of aromatic amines is 2. The molecule has 220 valence electrons. The summed E-state index contributed by atoms with van der Waals surface area (Å²) < 4.78 is 0. The highest BCUT2D eigenvalue weighted by atomic mass is 15.2. The number of H-pyrrole nitrogens is 2. The number of nitrogens with one attached hydrogen (secondary N) is 4. The second-order valence-electron chi connectivity index (χ2n) is 9.87. The van der Waals surface area contributed by atoms with Crippen molar-refractivity contribution in [2.45, 2.75) is 27.2 Å². The van der Waals surface area contributed by atoms with E-state index < -0.39 is 0 Å². The summed E-state index contributed by atoms with van der Waals surface area (Å²) in [5, 5.41) is 20.4. The second-order valence-corrected chi connectivity index (χ2v) is 9.87. The van der Waals surface area contributed by atoms with Crippen LogP contribution < -0.4 is 10.6 Å². The number of anilines is 4. The fourth-order valence-corrected chi connectivity index (χ4v) is 4.06. The highest BCUT2D eigenvalue weighted by Crippen LogP contribution is 2.16. The lowest BCUT2D eigenvalue weighted by Gasteiger charge is -2.05. The summed E-state index contributed by atoms with van der Waals surface area (Å²) >= 11 is 0.